The van der Waals surface area contributed by atoms with E-state index in [-0.39, 0.29) is 29.5 Å². The third-order valence-electron chi connectivity index (χ3n) is 3.57. The molecule has 0 aliphatic carbocycles. The molecule has 23 heavy (non-hydrogen) atoms. The van der Waals surface area contributed by atoms with Crippen molar-refractivity contribution in [2.24, 2.45) is 0 Å². The molecule has 0 saturated heterocycles. The maximum absolute atomic E-state index is 13.0. The molecule has 2 aromatic rings. The van der Waals surface area contributed by atoms with E-state index in [9.17, 15) is 14.0 Å². The molecular weight excluding hydrogens is 301 g/mol. The molecule has 0 fully saturated rings. The van der Waals surface area contributed by atoms with Crippen molar-refractivity contribution in [3.8, 4) is 0 Å². The summed E-state index contributed by atoms with van der Waals surface area (Å²) in [5.74, 6) is -1.57. The molecule has 0 unspecified atom stereocenters. The zero-order chi connectivity index (χ0) is 17.0. The lowest BCUT2D eigenvalue weighted by molar-refractivity contribution is -0.136. The SMILES string of the molecule is Cc1cc(F)ccc1CCNC(=O)c1c(C)coc1CC(=O)O. The molecule has 0 aliphatic rings. The van der Waals surface area contributed by atoms with E-state index < -0.39 is 5.97 Å². The van der Waals surface area contributed by atoms with Crippen molar-refractivity contribution in [2.45, 2.75) is 26.7 Å². The summed E-state index contributed by atoms with van der Waals surface area (Å²) in [6, 6.07) is 4.52. The quantitative estimate of drug-likeness (QED) is 0.858. The molecule has 0 radical (unpaired) electrons. The van der Waals surface area contributed by atoms with E-state index in [4.69, 9.17) is 9.52 Å². The van der Waals surface area contributed by atoms with E-state index in [2.05, 4.69) is 5.32 Å². The molecule has 2 N–H and O–H groups in total. The highest BCUT2D eigenvalue weighted by molar-refractivity contribution is 5.97. The lowest BCUT2D eigenvalue weighted by atomic mass is 10.1. The first kappa shape index (κ1) is 16.7. The van der Waals surface area contributed by atoms with E-state index in [1.165, 1.54) is 18.4 Å². The first-order chi connectivity index (χ1) is 10.9. The van der Waals surface area contributed by atoms with Crippen molar-refractivity contribution in [2.75, 3.05) is 6.54 Å². The third kappa shape index (κ3) is 4.18. The Morgan fingerprint density at radius 1 is 1.26 bits per heavy atom. The predicted molar refractivity (Wildman–Crippen MR) is 82.0 cm³/mol. The molecule has 0 spiro atoms. The van der Waals surface area contributed by atoms with E-state index in [0.717, 1.165) is 11.1 Å². The van der Waals surface area contributed by atoms with Crippen LogP contribution in [0.1, 0.15) is 32.8 Å². The number of carbonyl (C=O) groups is 2. The van der Waals surface area contributed by atoms with E-state index in [1.807, 2.05) is 6.92 Å². The summed E-state index contributed by atoms with van der Waals surface area (Å²) in [5.41, 5.74) is 2.63. The van der Waals surface area contributed by atoms with Gasteiger partial charge in [-0.15, -0.1) is 0 Å². The van der Waals surface area contributed by atoms with Gasteiger partial charge in [-0.05, 0) is 43.5 Å². The van der Waals surface area contributed by atoms with E-state index in [1.54, 1.807) is 13.0 Å². The standard InChI is InChI=1S/C17H18FNO4/c1-10-7-13(18)4-3-12(10)5-6-19-17(22)16-11(2)9-23-14(16)8-15(20)21/h3-4,7,9H,5-6,8H2,1-2H3,(H,19,22)(H,20,21). The van der Waals surface area contributed by atoms with Gasteiger partial charge in [0.1, 0.15) is 18.0 Å². The van der Waals surface area contributed by atoms with Gasteiger partial charge in [0.25, 0.3) is 5.91 Å². The molecule has 5 nitrogen and oxygen atoms in total. The summed E-state index contributed by atoms with van der Waals surface area (Å²) < 4.78 is 18.2. The number of carbonyl (C=O) groups excluding carboxylic acids is 1. The maximum Gasteiger partial charge on any atom is 0.311 e. The second-order valence-electron chi connectivity index (χ2n) is 5.36. The lowest BCUT2D eigenvalue weighted by Crippen LogP contribution is -2.27. The molecular formula is C17H18FNO4. The van der Waals surface area contributed by atoms with Crippen molar-refractivity contribution < 1.29 is 23.5 Å². The average Bonchev–Trinajstić information content (AvgIpc) is 2.81. The van der Waals surface area contributed by atoms with Crippen molar-refractivity contribution >= 4 is 11.9 Å². The van der Waals surface area contributed by atoms with Crippen LogP contribution in [-0.4, -0.2) is 23.5 Å². The topological polar surface area (TPSA) is 79.5 Å². The number of carboxylic acid groups (broad SMARTS) is 1. The predicted octanol–water partition coefficient (Wildman–Crippen LogP) is 2.64. The summed E-state index contributed by atoms with van der Waals surface area (Å²) in [5, 5.41) is 11.6. The number of rotatable bonds is 6. The fourth-order valence-electron chi connectivity index (χ4n) is 2.41. The van der Waals surface area contributed by atoms with Gasteiger partial charge in [-0.2, -0.15) is 0 Å². The van der Waals surface area contributed by atoms with Gasteiger partial charge in [-0.3, -0.25) is 9.59 Å². The molecule has 0 bridgehead atoms. The minimum absolute atomic E-state index is 0.144. The van der Waals surface area contributed by atoms with Gasteiger partial charge in [0.2, 0.25) is 0 Å². The van der Waals surface area contributed by atoms with Crippen LogP contribution in [0.15, 0.2) is 28.9 Å². The van der Waals surface area contributed by atoms with Gasteiger partial charge in [0, 0.05) is 12.1 Å². The normalized spacial score (nSPS) is 10.6. The van der Waals surface area contributed by atoms with Crippen LogP contribution in [0.4, 0.5) is 4.39 Å². The smallest absolute Gasteiger partial charge is 0.311 e. The van der Waals surface area contributed by atoms with Gasteiger partial charge in [0.15, 0.2) is 0 Å². The van der Waals surface area contributed by atoms with Crippen LogP contribution < -0.4 is 5.32 Å². The van der Waals surface area contributed by atoms with Gasteiger partial charge in [-0.1, -0.05) is 6.07 Å². The summed E-state index contributed by atoms with van der Waals surface area (Å²) >= 11 is 0. The zero-order valence-corrected chi connectivity index (χ0v) is 13.0. The molecule has 122 valence electrons. The Kier molecular flexibility index (Phi) is 5.16. The Bertz CT molecular complexity index is 736. The minimum Gasteiger partial charge on any atom is -0.481 e. The molecule has 2 rings (SSSR count). The Morgan fingerprint density at radius 3 is 2.65 bits per heavy atom. The fourth-order valence-corrected chi connectivity index (χ4v) is 2.41. The van der Waals surface area contributed by atoms with Crippen LogP contribution in [-0.2, 0) is 17.6 Å². The van der Waals surface area contributed by atoms with Crippen molar-refractivity contribution in [1.82, 2.24) is 5.32 Å². The first-order valence-electron chi connectivity index (χ1n) is 7.20. The highest BCUT2D eigenvalue weighted by Gasteiger charge is 2.20. The molecule has 0 aliphatic heterocycles. The van der Waals surface area contributed by atoms with Gasteiger partial charge >= 0.3 is 5.97 Å². The van der Waals surface area contributed by atoms with Crippen LogP contribution in [0, 0.1) is 19.7 Å². The number of aryl methyl sites for hydroxylation is 2. The van der Waals surface area contributed by atoms with Crippen LogP contribution in [0.5, 0.6) is 0 Å². The molecule has 1 aromatic carbocycles. The fraction of sp³-hybridized carbons (Fsp3) is 0.294. The van der Waals surface area contributed by atoms with Crippen molar-refractivity contribution in [3.05, 3.63) is 58.3 Å². The largest absolute Gasteiger partial charge is 0.481 e. The molecule has 0 atom stereocenters. The van der Waals surface area contributed by atoms with E-state index >= 15 is 0 Å². The molecule has 1 aromatic heterocycles. The van der Waals surface area contributed by atoms with Gasteiger partial charge < -0.3 is 14.8 Å². The highest BCUT2D eigenvalue weighted by Crippen LogP contribution is 2.17. The minimum atomic E-state index is -1.06. The Hall–Kier alpha value is -2.63. The van der Waals surface area contributed by atoms with Crippen LogP contribution >= 0.6 is 0 Å². The monoisotopic (exact) mass is 319 g/mol. The third-order valence-corrected chi connectivity index (χ3v) is 3.57. The first-order valence-corrected chi connectivity index (χ1v) is 7.20. The number of nitrogens with one attached hydrogen (secondary N) is 1. The average molecular weight is 319 g/mol. The van der Waals surface area contributed by atoms with Crippen LogP contribution in [0.25, 0.3) is 0 Å². The van der Waals surface area contributed by atoms with Crippen LogP contribution in [0.3, 0.4) is 0 Å². The Labute approximate surface area is 133 Å². The van der Waals surface area contributed by atoms with Gasteiger partial charge in [-0.25, -0.2) is 4.39 Å². The number of benzene rings is 1. The highest BCUT2D eigenvalue weighted by atomic mass is 19.1. The second kappa shape index (κ2) is 7.09. The number of hydrogen-bond acceptors (Lipinski definition) is 3. The Morgan fingerprint density at radius 2 is 2.00 bits per heavy atom. The molecule has 1 heterocycles. The molecule has 0 saturated carbocycles. The number of halogens is 1. The maximum atomic E-state index is 13.0. The molecule has 6 heteroatoms. The van der Waals surface area contributed by atoms with Crippen LogP contribution in [0.2, 0.25) is 0 Å². The number of furan rings is 1. The Balaban J connectivity index is 2.00. The van der Waals surface area contributed by atoms with Gasteiger partial charge in [0.05, 0.1) is 11.8 Å². The number of carboxylic acids is 1. The summed E-state index contributed by atoms with van der Waals surface area (Å²) in [7, 11) is 0. The molecule has 1 amide bonds. The second-order valence-corrected chi connectivity index (χ2v) is 5.36. The van der Waals surface area contributed by atoms with E-state index in [0.29, 0.717) is 18.5 Å². The number of aliphatic carboxylic acids is 1. The summed E-state index contributed by atoms with van der Waals surface area (Å²) in [6.45, 7) is 3.86. The van der Waals surface area contributed by atoms with Crippen molar-refractivity contribution in [3.63, 3.8) is 0 Å². The number of hydrogen-bond donors (Lipinski definition) is 2. The summed E-state index contributed by atoms with van der Waals surface area (Å²) in [6.07, 6.45) is 1.59. The zero-order valence-electron chi connectivity index (χ0n) is 13.0. The van der Waals surface area contributed by atoms with Crippen molar-refractivity contribution in [1.29, 1.82) is 0 Å². The number of amides is 1. The lowest BCUT2D eigenvalue weighted by Gasteiger charge is -2.08. The summed E-state index contributed by atoms with van der Waals surface area (Å²) in [4.78, 5) is 23.0.